The number of nitriles is 1. The first kappa shape index (κ1) is 11.8. The Labute approximate surface area is 73.7 Å². The average molecular weight is 194 g/mol. The molecule has 0 rings (SSSR count). The van der Waals surface area contributed by atoms with Crippen molar-refractivity contribution in [3.8, 4) is 6.07 Å². The molecule has 0 heterocycles. The lowest BCUT2D eigenvalue weighted by Gasteiger charge is -2.16. The van der Waals surface area contributed by atoms with Crippen molar-refractivity contribution in [3.63, 3.8) is 0 Å². The van der Waals surface area contributed by atoms with Gasteiger partial charge in [-0.25, -0.2) is 0 Å². The van der Waals surface area contributed by atoms with Crippen LogP contribution in [0.3, 0.4) is 0 Å². The van der Waals surface area contributed by atoms with Crippen LogP contribution in [0.1, 0.15) is 12.8 Å². The normalized spacial score (nSPS) is 10.7. The third-order valence-electron chi connectivity index (χ3n) is 1.39. The minimum atomic E-state index is -4.26. The monoisotopic (exact) mass is 194 g/mol. The van der Waals surface area contributed by atoms with Crippen LogP contribution in [0.25, 0.3) is 0 Å². The van der Waals surface area contributed by atoms with Crippen LogP contribution in [0.15, 0.2) is 0 Å². The fraction of sp³-hybridized carbons (Fsp3) is 0.714. The average Bonchev–Trinajstić information content (AvgIpc) is 1.99. The van der Waals surface area contributed by atoms with Crippen LogP contribution in [-0.2, 0) is 4.79 Å². The molecule has 0 saturated carbocycles. The van der Waals surface area contributed by atoms with Crippen molar-refractivity contribution < 1.29 is 18.0 Å². The van der Waals surface area contributed by atoms with Crippen LogP contribution < -0.4 is 0 Å². The van der Waals surface area contributed by atoms with Gasteiger partial charge in [0.15, 0.2) is 0 Å². The van der Waals surface area contributed by atoms with E-state index in [-0.39, 0.29) is 6.42 Å². The van der Waals surface area contributed by atoms with Gasteiger partial charge in [-0.2, -0.15) is 18.4 Å². The molecule has 13 heavy (non-hydrogen) atoms. The maximum Gasteiger partial charge on any atom is 0.390 e. The van der Waals surface area contributed by atoms with Crippen LogP contribution >= 0.6 is 0 Å². The number of hydrogen-bond donors (Lipinski definition) is 0. The molecule has 3 nitrogen and oxygen atoms in total. The van der Waals surface area contributed by atoms with Gasteiger partial charge in [0.2, 0.25) is 5.91 Å². The highest BCUT2D eigenvalue weighted by Gasteiger charge is 2.27. The topological polar surface area (TPSA) is 44.1 Å². The summed E-state index contributed by atoms with van der Waals surface area (Å²) in [5.74, 6) is -0.591. The highest BCUT2D eigenvalue weighted by molar-refractivity contribution is 5.77. The Bertz CT molecular complexity index is 219. The van der Waals surface area contributed by atoms with Crippen molar-refractivity contribution in [2.75, 3.05) is 13.6 Å². The van der Waals surface area contributed by atoms with E-state index in [0.717, 1.165) is 4.90 Å². The zero-order valence-corrected chi connectivity index (χ0v) is 7.06. The number of hydrogen-bond acceptors (Lipinski definition) is 2. The van der Waals surface area contributed by atoms with Crippen LogP contribution in [0, 0.1) is 11.3 Å². The molecule has 0 N–H and O–H groups in total. The number of amides is 1. The van der Waals surface area contributed by atoms with Crippen LogP contribution in [0.5, 0.6) is 0 Å². The molecule has 0 atom stereocenters. The second kappa shape index (κ2) is 4.70. The van der Waals surface area contributed by atoms with E-state index in [1.54, 1.807) is 6.07 Å². The van der Waals surface area contributed by atoms with E-state index in [1.165, 1.54) is 7.05 Å². The maximum atomic E-state index is 11.7. The first-order chi connectivity index (χ1) is 5.87. The third-order valence-corrected chi connectivity index (χ3v) is 1.39. The summed E-state index contributed by atoms with van der Waals surface area (Å²) in [6.07, 6.45) is -5.68. The summed E-state index contributed by atoms with van der Waals surface area (Å²) in [7, 11) is 1.24. The molecular weight excluding hydrogens is 185 g/mol. The van der Waals surface area contributed by atoms with E-state index < -0.39 is 25.0 Å². The number of carbonyl (C=O) groups excluding carboxylic acids is 1. The van der Waals surface area contributed by atoms with Gasteiger partial charge < -0.3 is 4.90 Å². The van der Waals surface area contributed by atoms with Crippen molar-refractivity contribution >= 4 is 5.91 Å². The molecule has 0 bridgehead atoms. The van der Waals surface area contributed by atoms with E-state index in [4.69, 9.17) is 5.26 Å². The molecule has 0 aliphatic rings. The van der Waals surface area contributed by atoms with Crippen molar-refractivity contribution in [3.05, 3.63) is 0 Å². The number of rotatable bonds is 3. The van der Waals surface area contributed by atoms with Crippen molar-refractivity contribution in [2.24, 2.45) is 0 Å². The predicted molar refractivity (Wildman–Crippen MR) is 38.5 cm³/mol. The summed E-state index contributed by atoms with van der Waals surface area (Å²) >= 11 is 0. The lowest BCUT2D eigenvalue weighted by Crippen LogP contribution is -2.30. The number of nitrogens with zero attached hydrogens (tertiary/aromatic N) is 2. The molecule has 0 aliphatic carbocycles. The maximum absolute atomic E-state index is 11.7. The SMILES string of the molecule is CN(CCC(F)(F)F)C(=O)CC#N. The van der Waals surface area contributed by atoms with Gasteiger partial charge in [0.1, 0.15) is 6.42 Å². The van der Waals surface area contributed by atoms with Crippen molar-refractivity contribution in [1.82, 2.24) is 4.90 Å². The molecule has 0 spiro atoms. The Balaban J connectivity index is 3.82. The van der Waals surface area contributed by atoms with Gasteiger partial charge >= 0.3 is 6.18 Å². The lowest BCUT2D eigenvalue weighted by atomic mass is 10.3. The molecule has 0 aliphatic heterocycles. The minimum absolute atomic E-state index is 0.381. The van der Waals surface area contributed by atoms with Crippen molar-refractivity contribution in [2.45, 2.75) is 19.0 Å². The molecule has 0 radical (unpaired) electrons. The number of alkyl halides is 3. The summed E-state index contributed by atoms with van der Waals surface area (Å²) in [4.78, 5) is 11.7. The second-order valence-corrected chi connectivity index (χ2v) is 2.52. The van der Waals surface area contributed by atoms with E-state index in [2.05, 4.69) is 0 Å². The highest BCUT2D eigenvalue weighted by atomic mass is 19.4. The molecule has 1 amide bonds. The van der Waals surface area contributed by atoms with Crippen LogP contribution in [-0.4, -0.2) is 30.6 Å². The van der Waals surface area contributed by atoms with E-state index in [1.807, 2.05) is 0 Å². The minimum Gasteiger partial charge on any atom is -0.345 e. The molecule has 0 saturated heterocycles. The quantitative estimate of drug-likeness (QED) is 0.679. The van der Waals surface area contributed by atoms with Gasteiger partial charge in [-0.15, -0.1) is 0 Å². The third kappa shape index (κ3) is 5.96. The lowest BCUT2D eigenvalue weighted by molar-refractivity contribution is -0.143. The number of halogens is 3. The van der Waals surface area contributed by atoms with Gasteiger partial charge in [-0.1, -0.05) is 0 Å². The van der Waals surface area contributed by atoms with E-state index in [0.29, 0.717) is 0 Å². The van der Waals surface area contributed by atoms with Gasteiger partial charge in [0, 0.05) is 13.6 Å². The van der Waals surface area contributed by atoms with Gasteiger partial charge in [-0.05, 0) is 0 Å². The fourth-order valence-electron chi connectivity index (χ4n) is 0.622. The summed E-state index contributed by atoms with van der Waals surface area (Å²) in [5.41, 5.74) is 0. The van der Waals surface area contributed by atoms with E-state index in [9.17, 15) is 18.0 Å². The van der Waals surface area contributed by atoms with Gasteiger partial charge in [-0.3, -0.25) is 4.79 Å². The number of carbonyl (C=O) groups is 1. The second-order valence-electron chi connectivity index (χ2n) is 2.52. The smallest absolute Gasteiger partial charge is 0.345 e. The highest BCUT2D eigenvalue weighted by Crippen LogP contribution is 2.19. The van der Waals surface area contributed by atoms with Crippen LogP contribution in [0.4, 0.5) is 13.2 Å². The molecule has 0 aromatic carbocycles. The Kier molecular flexibility index (Phi) is 4.25. The summed E-state index contributed by atoms with van der Waals surface area (Å²) in [6, 6.07) is 1.57. The molecule has 0 aromatic heterocycles. The largest absolute Gasteiger partial charge is 0.390 e. The predicted octanol–water partition coefficient (Wildman–Crippen LogP) is 1.31. The molecular formula is C7H9F3N2O. The van der Waals surface area contributed by atoms with E-state index >= 15 is 0 Å². The van der Waals surface area contributed by atoms with Crippen molar-refractivity contribution in [1.29, 1.82) is 5.26 Å². The molecule has 0 unspecified atom stereocenters. The van der Waals surface area contributed by atoms with Crippen LogP contribution in [0.2, 0.25) is 0 Å². The van der Waals surface area contributed by atoms with Gasteiger partial charge in [0.05, 0.1) is 12.5 Å². The zero-order valence-electron chi connectivity index (χ0n) is 7.06. The Hall–Kier alpha value is -1.25. The first-order valence-corrected chi connectivity index (χ1v) is 3.54. The summed E-state index contributed by atoms with van der Waals surface area (Å²) in [6.45, 7) is -0.399. The summed E-state index contributed by atoms with van der Waals surface area (Å²) < 4.78 is 35.0. The summed E-state index contributed by atoms with van der Waals surface area (Å²) in [5, 5.41) is 8.09. The fourth-order valence-corrected chi connectivity index (χ4v) is 0.622. The molecule has 0 fully saturated rings. The molecule has 74 valence electrons. The standard InChI is InChI=1S/C7H9F3N2O/c1-12(6(13)2-4-11)5-3-7(8,9)10/h2-3,5H2,1H3. The Morgan fingerprint density at radius 2 is 2.08 bits per heavy atom. The Morgan fingerprint density at radius 3 is 2.46 bits per heavy atom. The first-order valence-electron chi connectivity index (χ1n) is 3.54. The molecule has 6 heteroatoms. The Morgan fingerprint density at radius 1 is 1.54 bits per heavy atom. The molecule has 0 aromatic rings. The van der Waals surface area contributed by atoms with Gasteiger partial charge in [0.25, 0.3) is 0 Å². The zero-order chi connectivity index (χ0) is 10.5.